The monoisotopic (exact) mass is 419 g/mol. The summed E-state index contributed by atoms with van der Waals surface area (Å²) < 4.78 is 6.38. The summed E-state index contributed by atoms with van der Waals surface area (Å²) in [6.45, 7) is 1.41. The maximum absolute atomic E-state index is 12.6. The first kappa shape index (κ1) is 17.8. The number of aromatic nitrogens is 1. The second kappa shape index (κ2) is 6.84. The maximum Gasteiger partial charge on any atom is 0.302 e. The van der Waals surface area contributed by atoms with E-state index in [4.69, 9.17) is 27.6 Å². The minimum Gasteiger partial charge on any atom is -0.423 e. The van der Waals surface area contributed by atoms with Crippen molar-refractivity contribution in [2.24, 2.45) is 0 Å². The molecule has 2 aromatic heterocycles. The molecular weight excluding hydrogens is 409 g/mol. The van der Waals surface area contributed by atoms with Gasteiger partial charge in [0.2, 0.25) is 5.91 Å². The van der Waals surface area contributed by atoms with Crippen LogP contribution < -0.4 is 10.6 Å². The Morgan fingerprint density at radius 2 is 1.93 bits per heavy atom. The van der Waals surface area contributed by atoms with Crippen molar-refractivity contribution in [3.63, 3.8) is 0 Å². The number of amides is 2. The van der Waals surface area contributed by atoms with Crippen molar-refractivity contribution >= 4 is 79.2 Å². The highest BCUT2D eigenvalue weighted by atomic mass is 35.5. The number of hydrogen-bond acceptors (Lipinski definition) is 5. The van der Waals surface area contributed by atoms with Gasteiger partial charge in [-0.2, -0.15) is 4.98 Å². The van der Waals surface area contributed by atoms with Crippen molar-refractivity contribution in [3.05, 3.63) is 51.3 Å². The van der Waals surface area contributed by atoms with E-state index in [9.17, 15) is 9.59 Å². The van der Waals surface area contributed by atoms with Gasteiger partial charge in [0.1, 0.15) is 10.4 Å². The number of oxazole rings is 1. The standard InChI is InChI=1S/C18H11Cl2N3O3S/c1-8(24)21-10-3-5-12-13(7-10)26-18(22-12)23-17(25)16-15(20)11-4-2-9(19)6-14(11)27-16/h2-7H,1H3,(H,21,24)(H,22,23,25). The Kier molecular flexibility index (Phi) is 4.51. The predicted octanol–water partition coefficient (Wildman–Crippen LogP) is 5.56. The number of nitrogens with one attached hydrogen (secondary N) is 2. The molecule has 2 heterocycles. The zero-order chi connectivity index (χ0) is 19.1. The van der Waals surface area contributed by atoms with Crippen molar-refractivity contribution in [2.75, 3.05) is 10.6 Å². The average molecular weight is 420 g/mol. The summed E-state index contributed by atoms with van der Waals surface area (Å²) in [5.41, 5.74) is 1.56. The molecule has 136 valence electrons. The lowest BCUT2D eigenvalue weighted by atomic mass is 10.2. The third kappa shape index (κ3) is 3.49. The molecule has 4 aromatic rings. The van der Waals surface area contributed by atoms with E-state index in [1.54, 1.807) is 36.4 Å². The van der Waals surface area contributed by atoms with E-state index in [1.165, 1.54) is 18.3 Å². The molecule has 0 atom stereocenters. The highest BCUT2D eigenvalue weighted by Gasteiger charge is 2.19. The van der Waals surface area contributed by atoms with Gasteiger partial charge < -0.3 is 9.73 Å². The molecule has 6 nitrogen and oxygen atoms in total. The van der Waals surface area contributed by atoms with Crippen molar-refractivity contribution in [2.45, 2.75) is 6.92 Å². The third-order valence-corrected chi connectivity index (χ3v) is 5.62. The Morgan fingerprint density at radius 1 is 1.11 bits per heavy atom. The van der Waals surface area contributed by atoms with Crippen molar-refractivity contribution in [3.8, 4) is 0 Å². The van der Waals surface area contributed by atoms with Crippen LogP contribution in [-0.4, -0.2) is 16.8 Å². The van der Waals surface area contributed by atoms with Gasteiger partial charge in [-0.25, -0.2) is 0 Å². The lowest BCUT2D eigenvalue weighted by Gasteiger charge is -1.99. The van der Waals surface area contributed by atoms with Crippen LogP contribution in [0, 0.1) is 0 Å². The molecule has 0 spiro atoms. The number of thiophene rings is 1. The highest BCUT2D eigenvalue weighted by molar-refractivity contribution is 7.21. The van der Waals surface area contributed by atoms with Gasteiger partial charge in [0, 0.05) is 33.8 Å². The van der Waals surface area contributed by atoms with Crippen LogP contribution in [0.15, 0.2) is 40.8 Å². The normalized spacial score (nSPS) is 11.1. The molecule has 2 N–H and O–H groups in total. The minimum atomic E-state index is -0.425. The van der Waals surface area contributed by atoms with Crippen LogP contribution in [0.5, 0.6) is 0 Å². The predicted molar refractivity (Wildman–Crippen MR) is 108 cm³/mol. The van der Waals surface area contributed by atoms with Crippen LogP contribution in [0.2, 0.25) is 10.0 Å². The Bertz CT molecular complexity index is 1220. The molecule has 27 heavy (non-hydrogen) atoms. The second-order valence-electron chi connectivity index (χ2n) is 5.72. The minimum absolute atomic E-state index is 0.0431. The number of carbonyl (C=O) groups excluding carboxylic acids is 2. The number of halogens is 2. The molecule has 0 unspecified atom stereocenters. The number of benzene rings is 2. The number of fused-ring (bicyclic) bond motifs is 2. The zero-order valence-corrected chi connectivity index (χ0v) is 16.1. The van der Waals surface area contributed by atoms with E-state index in [0.717, 1.165) is 10.1 Å². The molecule has 2 amide bonds. The van der Waals surface area contributed by atoms with Gasteiger partial charge in [-0.05, 0) is 24.3 Å². The molecule has 0 aliphatic carbocycles. The van der Waals surface area contributed by atoms with Gasteiger partial charge in [0.25, 0.3) is 5.91 Å². The fourth-order valence-electron chi connectivity index (χ4n) is 2.60. The fourth-order valence-corrected chi connectivity index (χ4v) is 4.29. The summed E-state index contributed by atoms with van der Waals surface area (Å²) in [7, 11) is 0. The smallest absolute Gasteiger partial charge is 0.302 e. The van der Waals surface area contributed by atoms with E-state index in [1.807, 2.05) is 0 Å². The van der Waals surface area contributed by atoms with Crippen molar-refractivity contribution in [1.82, 2.24) is 4.98 Å². The molecule has 0 radical (unpaired) electrons. The molecule has 0 fully saturated rings. The lowest BCUT2D eigenvalue weighted by Crippen LogP contribution is -2.10. The molecule has 0 bridgehead atoms. The molecule has 0 saturated heterocycles. The van der Waals surface area contributed by atoms with Crippen molar-refractivity contribution in [1.29, 1.82) is 0 Å². The summed E-state index contributed by atoms with van der Waals surface area (Å²) in [6.07, 6.45) is 0. The SMILES string of the molecule is CC(=O)Nc1ccc2nc(NC(=O)c3sc4cc(Cl)ccc4c3Cl)oc2c1. The van der Waals surface area contributed by atoms with Gasteiger partial charge in [-0.15, -0.1) is 11.3 Å². The Hall–Kier alpha value is -2.61. The number of nitrogens with zero attached hydrogens (tertiary/aromatic N) is 1. The van der Waals surface area contributed by atoms with E-state index in [2.05, 4.69) is 15.6 Å². The number of carbonyl (C=O) groups is 2. The average Bonchev–Trinajstić information content (AvgIpc) is 3.14. The van der Waals surface area contributed by atoms with Crippen LogP contribution >= 0.6 is 34.5 Å². The van der Waals surface area contributed by atoms with Crippen LogP contribution in [-0.2, 0) is 4.79 Å². The van der Waals surface area contributed by atoms with Gasteiger partial charge in [0.05, 0.1) is 5.02 Å². The first-order valence-electron chi connectivity index (χ1n) is 7.78. The van der Waals surface area contributed by atoms with E-state index < -0.39 is 5.91 Å². The molecular formula is C18H11Cl2N3O3S. The summed E-state index contributed by atoms with van der Waals surface area (Å²) in [5, 5.41) is 6.96. The Morgan fingerprint density at radius 3 is 2.70 bits per heavy atom. The van der Waals surface area contributed by atoms with Crippen LogP contribution in [0.25, 0.3) is 21.2 Å². The second-order valence-corrected chi connectivity index (χ2v) is 7.59. The highest BCUT2D eigenvalue weighted by Crippen LogP contribution is 2.37. The first-order valence-corrected chi connectivity index (χ1v) is 9.35. The number of anilines is 2. The van der Waals surface area contributed by atoms with Gasteiger partial charge in [-0.1, -0.05) is 29.3 Å². The van der Waals surface area contributed by atoms with Crippen LogP contribution in [0.3, 0.4) is 0 Å². The molecule has 0 saturated carbocycles. The van der Waals surface area contributed by atoms with Crippen LogP contribution in [0.4, 0.5) is 11.7 Å². The molecule has 2 aromatic carbocycles. The lowest BCUT2D eigenvalue weighted by molar-refractivity contribution is -0.114. The fraction of sp³-hybridized carbons (Fsp3) is 0.0556. The number of hydrogen-bond donors (Lipinski definition) is 2. The van der Waals surface area contributed by atoms with Gasteiger partial charge in [-0.3, -0.25) is 14.9 Å². The van der Waals surface area contributed by atoms with E-state index in [-0.39, 0.29) is 11.9 Å². The molecule has 0 aliphatic rings. The third-order valence-electron chi connectivity index (χ3n) is 3.73. The van der Waals surface area contributed by atoms with Gasteiger partial charge >= 0.3 is 6.01 Å². The topological polar surface area (TPSA) is 84.2 Å². The zero-order valence-electron chi connectivity index (χ0n) is 13.8. The first-order chi connectivity index (χ1) is 12.9. The summed E-state index contributed by atoms with van der Waals surface area (Å²) in [6, 6.07) is 10.3. The molecule has 9 heteroatoms. The largest absolute Gasteiger partial charge is 0.423 e. The summed E-state index contributed by atoms with van der Waals surface area (Å²) in [4.78, 5) is 28.3. The molecule has 0 aliphatic heterocycles. The van der Waals surface area contributed by atoms with Crippen LogP contribution in [0.1, 0.15) is 16.6 Å². The van der Waals surface area contributed by atoms with E-state index in [0.29, 0.717) is 31.7 Å². The number of rotatable bonds is 3. The Labute approximate surface area is 167 Å². The summed E-state index contributed by atoms with van der Waals surface area (Å²) >= 11 is 13.6. The molecule has 4 rings (SSSR count). The van der Waals surface area contributed by atoms with Gasteiger partial charge in [0.15, 0.2) is 5.58 Å². The Balaban J connectivity index is 1.62. The quantitative estimate of drug-likeness (QED) is 0.455. The van der Waals surface area contributed by atoms with E-state index >= 15 is 0 Å². The summed E-state index contributed by atoms with van der Waals surface area (Å²) in [5.74, 6) is -0.618. The maximum atomic E-state index is 12.6. The van der Waals surface area contributed by atoms with Crippen molar-refractivity contribution < 1.29 is 14.0 Å².